The van der Waals surface area contributed by atoms with E-state index in [9.17, 15) is 0 Å². The van der Waals surface area contributed by atoms with E-state index in [2.05, 4.69) is 12.6 Å². The summed E-state index contributed by atoms with van der Waals surface area (Å²) >= 11 is 5.88. The molecule has 0 aromatic carbocycles. The van der Waals surface area contributed by atoms with Gasteiger partial charge in [0.1, 0.15) is 0 Å². The Bertz CT molecular complexity index is 240. The topological polar surface area (TPSA) is 18.5 Å². The summed E-state index contributed by atoms with van der Waals surface area (Å²) in [5.74, 6) is 0. The zero-order valence-corrected chi connectivity index (χ0v) is 7.53. The van der Waals surface area contributed by atoms with E-state index < -0.39 is 0 Å². The van der Waals surface area contributed by atoms with E-state index in [0.717, 1.165) is 9.77 Å². The Hall–Kier alpha value is -0.0300. The van der Waals surface area contributed by atoms with Crippen molar-refractivity contribution in [1.82, 2.24) is 0 Å². The number of rotatable bonds is 1. The molecular weight excluding hydrogens is 180 g/mol. The second-order valence-corrected chi connectivity index (χ2v) is 3.92. The summed E-state index contributed by atoms with van der Waals surface area (Å²) in [7, 11) is 0. The van der Waals surface area contributed by atoms with Crippen molar-refractivity contribution in [3.8, 4) is 0 Å². The number of hydrogen-bond donors (Lipinski definition) is 1. The molecule has 0 radical (unpaired) electrons. The highest BCUT2D eigenvalue weighted by Crippen LogP contribution is 2.31. The third kappa shape index (κ3) is 1.44. The average Bonchev–Trinajstić information content (AvgIpc) is 2.55. The fraction of sp³-hybridized carbons (Fsp3) is 0.429. The molecule has 4 heteroatoms. The lowest BCUT2D eigenvalue weighted by Crippen LogP contribution is -1.95. The number of hydrogen-bond acceptors (Lipinski definition) is 4. The van der Waals surface area contributed by atoms with Crippen LogP contribution in [0.4, 0.5) is 0 Å². The number of thiol groups is 1. The molecule has 0 amide bonds. The molecule has 0 N–H and O–H groups in total. The Morgan fingerprint density at radius 3 is 2.73 bits per heavy atom. The largest absolute Gasteiger partial charge is 0.346 e. The van der Waals surface area contributed by atoms with Gasteiger partial charge in [-0.15, -0.1) is 24.0 Å². The van der Waals surface area contributed by atoms with E-state index in [0.29, 0.717) is 13.2 Å². The van der Waals surface area contributed by atoms with Crippen molar-refractivity contribution < 1.29 is 9.47 Å². The van der Waals surface area contributed by atoms with Crippen LogP contribution < -0.4 is 0 Å². The molecule has 0 bridgehead atoms. The summed E-state index contributed by atoms with van der Waals surface area (Å²) in [4.78, 5) is 0. The van der Waals surface area contributed by atoms with Gasteiger partial charge in [0.25, 0.3) is 0 Å². The van der Waals surface area contributed by atoms with Gasteiger partial charge in [-0.05, 0) is 11.4 Å². The molecular formula is C7H8O2S2. The highest BCUT2D eigenvalue weighted by atomic mass is 32.2. The molecule has 0 aliphatic carbocycles. The zero-order valence-electron chi connectivity index (χ0n) is 5.82. The summed E-state index contributed by atoms with van der Waals surface area (Å²) < 4.78 is 11.6. The second-order valence-electron chi connectivity index (χ2n) is 2.25. The molecule has 2 heterocycles. The minimum atomic E-state index is -0.172. The first-order chi connectivity index (χ1) is 5.38. The SMILES string of the molecule is Sc1sccc1C1OCCO1. The van der Waals surface area contributed by atoms with Gasteiger partial charge in [-0.3, -0.25) is 0 Å². The van der Waals surface area contributed by atoms with Gasteiger partial charge in [0.05, 0.1) is 17.4 Å². The molecule has 0 spiro atoms. The Kier molecular flexibility index (Phi) is 2.18. The number of thiophene rings is 1. The van der Waals surface area contributed by atoms with Crippen LogP contribution in [0.2, 0.25) is 0 Å². The molecule has 1 aromatic rings. The lowest BCUT2D eigenvalue weighted by Gasteiger charge is -2.06. The maximum absolute atomic E-state index is 5.31. The predicted octanol–water partition coefficient (Wildman–Crippen LogP) is 2.08. The maximum Gasteiger partial charge on any atom is 0.185 e. The molecule has 0 atom stereocenters. The van der Waals surface area contributed by atoms with Gasteiger partial charge in [-0.1, -0.05) is 0 Å². The van der Waals surface area contributed by atoms with E-state index in [1.54, 1.807) is 11.3 Å². The Morgan fingerprint density at radius 1 is 1.45 bits per heavy atom. The van der Waals surface area contributed by atoms with Crippen molar-refractivity contribution in [2.75, 3.05) is 13.2 Å². The van der Waals surface area contributed by atoms with E-state index in [-0.39, 0.29) is 6.29 Å². The summed E-state index contributed by atoms with van der Waals surface area (Å²) in [6, 6.07) is 1.99. The Balaban J connectivity index is 2.21. The molecule has 1 aromatic heterocycles. The van der Waals surface area contributed by atoms with Crippen molar-refractivity contribution >= 4 is 24.0 Å². The lowest BCUT2D eigenvalue weighted by atomic mass is 10.3. The van der Waals surface area contributed by atoms with Crippen molar-refractivity contribution in [2.45, 2.75) is 10.5 Å². The molecule has 2 nitrogen and oxygen atoms in total. The Morgan fingerprint density at radius 2 is 2.18 bits per heavy atom. The van der Waals surface area contributed by atoms with Crippen molar-refractivity contribution in [3.05, 3.63) is 17.0 Å². The number of ether oxygens (including phenoxy) is 2. The quantitative estimate of drug-likeness (QED) is 0.680. The van der Waals surface area contributed by atoms with Crippen LogP contribution in [-0.2, 0) is 9.47 Å². The van der Waals surface area contributed by atoms with Crippen LogP contribution >= 0.6 is 24.0 Å². The molecule has 0 saturated carbocycles. The van der Waals surface area contributed by atoms with Crippen LogP contribution in [-0.4, -0.2) is 13.2 Å². The normalized spacial score (nSPS) is 19.4. The molecule has 1 saturated heterocycles. The summed E-state index contributed by atoms with van der Waals surface area (Å²) in [6.07, 6.45) is -0.172. The highest BCUT2D eigenvalue weighted by molar-refractivity contribution is 7.82. The van der Waals surface area contributed by atoms with Crippen molar-refractivity contribution in [1.29, 1.82) is 0 Å². The summed E-state index contributed by atoms with van der Waals surface area (Å²) in [5, 5.41) is 1.99. The predicted molar refractivity (Wildman–Crippen MR) is 46.2 cm³/mol. The van der Waals surface area contributed by atoms with Crippen LogP contribution in [0.25, 0.3) is 0 Å². The molecule has 60 valence electrons. The van der Waals surface area contributed by atoms with Crippen LogP contribution in [0, 0.1) is 0 Å². The van der Waals surface area contributed by atoms with Crippen LogP contribution in [0.15, 0.2) is 15.7 Å². The van der Waals surface area contributed by atoms with E-state index in [1.807, 2.05) is 11.4 Å². The maximum atomic E-state index is 5.31. The van der Waals surface area contributed by atoms with Gasteiger partial charge < -0.3 is 9.47 Å². The van der Waals surface area contributed by atoms with Crippen LogP contribution in [0.5, 0.6) is 0 Å². The minimum absolute atomic E-state index is 0.172. The fourth-order valence-corrected chi connectivity index (χ4v) is 2.03. The zero-order chi connectivity index (χ0) is 7.68. The molecule has 2 rings (SSSR count). The average molecular weight is 188 g/mol. The molecule has 1 aliphatic heterocycles. The summed E-state index contributed by atoms with van der Waals surface area (Å²) in [6.45, 7) is 1.38. The van der Waals surface area contributed by atoms with Crippen molar-refractivity contribution in [3.63, 3.8) is 0 Å². The molecule has 1 fully saturated rings. The third-order valence-corrected chi connectivity index (χ3v) is 2.86. The van der Waals surface area contributed by atoms with Gasteiger partial charge in [0.15, 0.2) is 6.29 Å². The monoisotopic (exact) mass is 188 g/mol. The smallest absolute Gasteiger partial charge is 0.185 e. The molecule has 1 aliphatic rings. The Labute approximate surface area is 74.5 Å². The first-order valence-corrected chi connectivity index (χ1v) is 4.70. The molecule has 0 unspecified atom stereocenters. The van der Waals surface area contributed by atoms with Gasteiger partial charge in [-0.2, -0.15) is 0 Å². The van der Waals surface area contributed by atoms with Crippen LogP contribution in [0.3, 0.4) is 0 Å². The van der Waals surface area contributed by atoms with E-state index in [4.69, 9.17) is 9.47 Å². The standard InChI is InChI=1S/C7H8O2S2/c10-7-5(1-4-11-7)6-8-2-3-9-6/h1,4,6,10H,2-3H2. The lowest BCUT2D eigenvalue weighted by molar-refractivity contribution is -0.0454. The van der Waals surface area contributed by atoms with Crippen molar-refractivity contribution in [2.24, 2.45) is 0 Å². The molecule has 11 heavy (non-hydrogen) atoms. The first kappa shape index (κ1) is 7.61. The van der Waals surface area contributed by atoms with Gasteiger partial charge in [-0.25, -0.2) is 0 Å². The first-order valence-electron chi connectivity index (χ1n) is 3.37. The van der Waals surface area contributed by atoms with E-state index >= 15 is 0 Å². The fourth-order valence-electron chi connectivity index (χ4n) is 1.03. The van der Waals surface area contributed by atoms with E-state index in [1.165, 1.54) is 0 Å². The van der Waals surface area contributed by atoms with Gasteiger partial charge in [0, 0.05) is 5.56 Å². The minimum Gasteiger partial charge on any atom is -0.346 e. The van der Waals surface area contributed by atoms with Crippen LogP contribution in [0.1, 0.15) is 11.9 Å². The van der Waals surface area contributed by atoms with Gasteiger partial charge in [0.2, 0.25) is 0 Å². The highest BCUT2D eigenvalue weighted by Gasteiger charge is 2.20. The van der Waals surface area contributed by atoms with Gasteiger partial charge >= 0.3 is 0 Å². The second kappa shape index (κ2) is 3.15. The third-order valence-electron chi connectivity index (χ3n) is 1.55. The summed E-state index contributed by atoms with van der Waals surface area (Å²) in [5.41, 5.74) is 1.05.